The van der Waals surface area contributed by atoms with Crippen LogP contribution in [0, 0.1) is 11.6 Å². The first-order chi connectivity index (χ1) is 11.9. The van der Waals surface area contributed by atoms with E-state index in [1.165, 1.54) is 12.1 Å². The van der Waals surface area contributed by atoms with Crippen molar-refractivity contribution < 1.29 is 23.7 Å². The van der Waals surface area contributed by atoms with Crippen molar-refractivity contribution in [3.63, 3.8) is 0 Å². The van der Waals surface area contributed by atoms with Gasteiger partial charge in [0.1, 0.15) is 17.7 Å². The molecular formula is C18H20F2N3O2+. The molecule has 0 unspecified atom stereocenters. The number of hydrogen-bond donors (Lipinski definition) is 3. The number of hydrogen-bond acceptors (Lipinski definition) is 2. The van der Waals surface area contributed by atoms with Gasteiger partial charge in [-0.3, -0.25) is 9.59 Å². The summed E-state index contributed by atoms with van der Waals surface area (Å²) in [5, 5.41) is 6.87. The topological polar surface area (TPSA) is 74.8 Å². The molecule has 0 aromatic heterocycles. The van der Waals surface area contributed by atoms with E-state index in [1.807, 2.05) is 0 Å². The minimum absolute atomic E-state index is 0.0786. The van der Waals surface area contributed by atoms with Gasteiger partial charge in [-0.25, -0.2) is 8.78 Å². The third-order valence-corrected chi connectivity index (χ3v) is 3.77. The van der Waals surface area contributed by atoms with Gasteiger partial charge in [0.15, 0.2) is 6.54 Å². The molecule has 4 N–H and O–H groups in total. The van der Waals surface area contributed by atoms with Gasteiger partial charge in [0.05, 0.1) is 0 Å². The molecule has 0 spiro atoms. The Kier molecular flexibility index (Phi) is 6.19. The van der Waals surface area contributed by atoms with Crippen molar-refractivity contribution in [3.8, 4) is 0 Å². The predicted molar refractivity (Wildman–Crippen MR) is 90.0 cm³/mol. The minimum atomic E-state index is -0.633. The van der Waals surface area contributed by atoms with E-state index in [4.69, 9.17) is 0 Å². The van der Waals surface area contributed by atoms with Crippen molar-refractivity contribution in [3.05, 3.63) is 65.2 Å². The summed E-state index contributed by atoms with van der Waals surface area (Å²) in [5.41, 5.74) is 1.39. The molecule has 25 heavy (non-hydrogen) atoms. The van der Waals surface area contributed by atoms with Crippen LogP contribution in [-0.4, -0.2) is 25.4 Å². The summed E-state index contributed by atoms with van der Waals surface area (Å²) in [7, 11) is 1.54. The number of halogens is 2. The van der Waals surface area contributed by atoms with Gasteiger partial charge < -0.3 is 16.0 Å². The molecule has 0 aliphatic rings. The average molecular weight is 348 g/mol. The van der Waals surface area contributed by atoms with Crippen LogP contribution >= 0.6 is 0 Å². The molecule has 2 aromatic rings. The lowest BCUT2D eigenvalue weighted by atomic mass is 10.1. The van der Waals surface area contributed by atoms with E-state index in [0.717, 1.165) is 6.07 Å². The second-order valence-corrected chi connectivity index (χ2v) is 5.60. The first-order valence-electron chi connectivity index (χ1n) is 7.81. The van der Waals surface area contributed by atoms with Gasteiger partial charge in [-0.2, -0.15) is 0 Å². The Morgan fingerprint density at radius 3 is 2.40 bits per heavy atom. The van der Waals surface area contributed by atoms with Crippen LogP contribution in [0.2, 0.25) is 0 Å². The SMILES string of the molecule is CNC(=O)c1ccc(NC(=O)C[NH2+][C@@H](C)c2ccc(F)cc2F)cc1. The third kappa shape index (κ3) is 5.09. The lowest BCUT2D eigenvalue weighted by Crippen LogP contribution is -2.86. The highest BCUT2D eigenvalue weighted by Gasteiger charge is 2.16. The van der Waals surface area contributed by atoms with Crippen molar-refractivity contribution >= 4 is 17.5 Å². The molecular weight excluding hydrogens is 328 g/mol. The second kappa shape index (κ2) is 8.34. The fourth-order valence-corrected chi connectivity index (χ4v) is 2.34. The van der Waals surface area contributed by atoms with Gasteiger partial charge >= 0.3 is 0 Å². The largest absolute Gasteiger partial charge is 0.355 e. The number of carbonyl (C=O) groups is 2. The molecule has 2 aromatic carbocycles. The van der Waals surface area contributed by atoms with Crippen LogP contribution in [0.15, 0.2) is 42.5 Å². The fourth-order valence-electron chi connectivity index (χ4n) is 2.34. The normalized spacial score (nSPS) is 11.7. The van der Waals surface area contributed by atoms with Crippen LogP contribution in [0.4, 0.5) is 14.5 Å². The quantitative estimate of drug-likeness (QED) is 0.742. The van der Waals surface area contributed by atoms with Crippen LogP contribution in [0.25, 0.3) is 0 Å². The Hall–Kier alpha value is -2.80. The Bertz CT molecular complexity index is 763. The van der Waals surface area contributed by atoms with Crippen molar-refractivity contribution in [2.45, 2.75) is 13.0 Å². The number of nitrogens with two attached hydrogens (primary N) is 1. The van der Waals surface area contributed by atoms with E-state index >= 15 is 0 Å². The van der Waals surface area contributed by atoms with E-state index < -0.39 is 11.6 Å². The lowest BCUT2D eigenvalue weighted by molar-refractivity contribution is -0.682. The van der Waals surface area contributed by atoms with Crippen molar-refractivity contribution in [1.82, 2.24) is 5.32 Å². The molecule has 0 bridgehead atoms. The highest BCUT2D eigenvalue weighted by atomic mass is 19.1. The van der Waals surface area contributed by atoms with Crippen LogP contribution in [-0.2, 0) is 4.79 Å². The summed E-state index contributed by atoms with van der Waals surface area (Å²) in [6, 6.07) is 9.54. The van der Waals surface area contributed by atoms with Gasteiger partial charge in [-0.1, -0.05) is 0 Å². The van der Waals surface area contributed by atoms with Crippen LogP contribution in [0.1, 0.15) is 28.9 Å². The average Bonchev–Trinajstić information content (AvgIpc) is 2.59. The molecule has 0 radical (unpaired) electrons. The number of quaternary nitrogens is 1. The first-order valence-corrected chi connectivity index (χ1v) is 7.81. The van der Waals surface area contributed by atoms with E-state index in [0.29, 0.717) is 16.8 Å². The molecule has 0 aliphatic carbocycles. The summed E-state index contributed by atoms with van der Waals surface area (Å²) in [6.45, 7) is 1.82. The predicted octanol–water partition coefficient (Wildman–Crippen LogP) is 1.59. The molecule has 1 atom stereocenters. The molecule has 2 rings (SSSR count). The van der Waals surface area contributed by atoms with Crippen LogP contribution in [0.5, 0.6) is 0 Å². The maximum atomic E-state index is 13.7. The standard InChI is InChI=1S/C18H19F2N3O2/c1-11(15-8-5-13(19)9-16(15)20)22-10-17(24)23-14-6-3-12(4-7-14)18(25)21-2/h3-9,11,22H,10H2,1-2H3,(H,21,25)(H,23,24)/p+1/t11-/m0/s1. The number of amides is 2. The highest BCUT2D eigenvalue weighted by Crippen LogP contribution is 2.14. The van der Waals surface area contributed by atoms with Gasteiger partial charge in [-0.05, 0) is 43.3 Å². The zero-order valence-electron chi connectivity index (χ0n) is 14.0. The number of benzene rings is 2. The lowest BCUT2D eigenvalue weighted by Gasteiger charge is -2.12. The van der Waals surface area contributed by atoms with Gasteiger partial charge in [0.2, 0.25) is 0 Å². The minimum Gasteiger partial charge on any atom is -0.355 e. The summed E-state index contributed by atoms with van der Waals surface area (Å²) in [6.07, 6.45) is 0. The number of carbonyl (C=O) groups excluding carboxylic acids is 2. The smallest absolute Gasteiger partial charge is 0.279 e. The molecule has 0 fully saturated rings. The molecule has 5 nitrogen and oxygen atoms in total. The summed E-state index contributed by atoms with van der Waals surface area (Å²) >= 11 is 0. The number of nitrogens with one attached hydrogen (secondary N) is 2. The molecule has 0 saturated carbocycles. The Labute approximate surface area is 144 Å². The van der Waals surface area contributed by atoms with Gasteiger partial charge in [0, 0.05) is 29.9 Å². The molecule has 2 amide bonds. The maximum absolute atomic E-state index is 13.7. The molecule has 7 heteroatoms. The van der Waals surface area contributed by atoms with Gasteiger partial charge in [-0.15, -0.1) is 0 Å². The van der Waals surface area contributed by atoms with Crippen LogP contribution < -0.4 is 16.0 Å². The maximum Gasteiger partial charge on any atom is 0.279 e. The third-order valence-electron chi connectivity index (χ3n) is 3.77. The van der Waals surface area contributed by atoms with E-state index in [9.17, 15) is 18.4 Å². The first kappa shape index (κ1) is 18.5. The summed E-state index contributed by atoms with van der Waals surface area (Å²) in [5.74, 6) is -1.73. The van der Waals surface area contributed by atoms with Crippen molar-refractivity contribution in [2.24, 2.45) is 0 Å². The van der Waals surface area contributed by atoms with E-state index in [-0.39, 0.29) is 24.4 Å². The summed E-state index contributed by atoms with van der Waals surface area (Å²) in [4.78, 5) is 23.4. The monoisotopic (exact) mass is 348 g/mol. The molecule has 0 saturated heterocycles. The Morgan fingerprint density at radius 2 is 1.80 bits per heavy atom. The molecule has 0 heterocycles. The molecule has 0 aliphatic heterocycles. The molecule has 132 valence electrons. The van der Waals surface area contributed by atoms with E-state index in [2.05, 4.69) is 10.6 Å². The summed E-state index contributed by atoms with van der Waals surface area (Å²) < 4.78 is 26.6. The zero-order valence-corrected chi connectivity index (χ0v) is 14.0. The Balaban J connectivity index is 1.88. The second-order valence-electron chi connectivity index (χ2n) is 5.60. The Morgan fingerprint density at radius 1 is 1.12 bits per heavy atom. The number of anilines is 1. The fraction of sp³-hybridized carbons (Fsp3) is 0.222. The van der Waals surface area contributed by atoms with Crippen molar-refractivity contribution in [2.75, 3.05) is 18.9 Å². The highest BCUT2D eigenvalue weighted by molar-refractivity contribution is 5.95. The van der Waals surface area contributed by atoms with E-state index in [1.54, 1.807) is 43.6 Å². The van der Waals surface area contributed by atoms with Gasteiger partial charge in [0.25, 0.3) is 11.8 Å². The number of rotatable bonds is 6. The van der Waals surface area contributed by atoms with Crippen molar-refractivity contribution in [1.29, 1.82) is 0 Å². The van der Waals surface area contributed by atoms with Crippen LogP contribution in [0.3, 0.4) is 0 Å². The zero-order chi connectivity index (χ0) is 18.4.